The largest absolute Gasteiger partial charge is 0.401 e. The first-order valence-electron chi connectivity index (χ1n) is 5.95. The Morgan fingerprint density at radius 2 is 2.11 bits per heavy atom. The first-order chi connectivity index (χ1) is 8.42. The standard InChI is InChI=1S/C12H19F3N2S/c1-3-17(9-12(13,14)15)6-5-16-8-11-10(2)4-7-18-11/h4,7,16H,3,5-6,8-9H2,1-2H3. The van der Waals surface area contributed by atoms with E-state index in [-0.39, 0.29) is 0 Å². The summed E-state index contributed by atoms with van der Waals surface area (Å²) < 4.78 is 36.7. The number of nitrogens with zero attached hydrogens (tertiary/aromatic N) is 1. The molecule has 0 aliphatic rings. The summed E-state index contributed by atoms with van der Waals surface area (Å²) in [5, 5.41) is 5.20. The third kappa shape index (κ3) is 5.84. The quantitative estimate of drug-likeness (QED) is 0.772. The van der Waals surface area contributed by atoms with Gasteiger partial charge in [0.2, 0.25) is 0 Å². The minimum absolute atomic E-state index is 0.416. The van der Waals surface area contributed by atoms with Crippen molar-refractivity contribution in [1.82, 2.24) is 10.2 Å². The van der Waals surface area contributed by atoms with Crippen LogP contribution in [0.2, 0.25) is 0 Å². The molecule has 2 nitrogen and oxygen atoms in total. The van der Waals surface area contributed by atoms with Crippen LogP contribution in [0.4, 0.5) is 13.2 Å². The van der Waals surface area contributed by atoms with E-state index in [1.165, 1.54) is 15.3 Å². The molecule has 1 aromatic heterocycles. The predicted octanol–water partition coefficient (Wildman–Crippen LogP) is 3.03. The lowest BCUT2D eigenvalue weighted by Gasteiger charge is -2.21. The average Bonchev–Trinajstić information content (AvgIpc) is 2.67. The van der Waals surface area contributed by atoms with E-state index in [2.05, 4.69) is 5.32 Å². The van der Waals surface area contributed by atoms with E-state index >= 15 is 0 Å². The molecule has 18 heavy (non-hydrogen) atoms. The minimum Gasteiger partial charge on any atom is -0.311 e. The summed E-state index contributed by atoms with van der Waals surface area (Å²) in [6.45, 7) is 5.09. The second-order valence-electron chi connectivity index (χ2n) is 4.19. The maximum Gasteiger partial charge on any atom is 0.401 e. The van der Waals surface area contributed by atoms with Crippen molar-refractivity contribution in [3.8, 4) is 0 Å². The molecule has 1 rings (SSSR count). The Hall–Kier alpha value is -0.590. The topological polar surface area (TPSA) is 15.3 Å². The predicted molar refractivity (Wildman–Crippen MR) is 68.9 cm³/mol. The zero-order chi connectivity index (χ0) is 13.6. The summed E-state index contributed by atoms with van der Waals surface area (Å²) in [7, 11) is 0. The van der Waals surface area contributed by atoms with Gasteiger partial charge in [-0.25, -0.2) is 0 Å². The number of likely N-dealkylation sites (N-methyl/N-ethyl adjacent to an activating group) is 1. The van der Waals surface area contributed by atoms with Gasteiger partial charge in [0.1, 0.15) is 0 Å². The van der Waals surface area contributed by atoms with Gasteiger partial charge in [0.05, 0.1) is 6.54 Å². The second-order valence-corrected chi connectivity index (χ2v) is 5.19. The lowest BCUT2D eigenvalue weighted by atomic mass is 10.3. The lowest BCUT2D eigenvalue weighted by Crippen LogP contribution is -2.38. The molecular formula is C12H19F3N2S. The van der Waals surface area contributed by atoms with Crippen molar-refractivity contribution in [2.24, 2.45) is 0 Å². The van der Waals surface area contributed by atoms with E-state index in [4.69, 9.17) is 0 Å². The fourth-order valence-corrected chi connectivity index (χ4v) is 2.50. The maximum absolute atomic E-state index is 12.2. The molecule has 1 aromatic rings. The monoisotopic (exact) mass is 280 g/mol. The van der Waals surface area contributed by atoms with Crippen LogP contribution in [0, 0.1) is 6.92 Å². The van der Waals surface area contributed by atoms with Crippen molar-refractivity contribution in [3.63, 3.8) is 0 Å². The summed E-state index contributed by atoms with van der Waals surface area (Å²) in [6.07, 6.45) is -4.11. The summed E-state index contributed by atoms with van der Waals surface area (Å²) in [5.41, 5.74) is 1.23. The molecule has 0 saturated carbocycles. The number of thiophene rings is 1. The van der Waals surface area contributed by atoms with Crippen molar-refractivity contribution < 1.29 is 13.2 Å². The zero-order valence-corrected chi connectivity index (χ0v) is 11.5. The molecule has 0 aliphatic carbocycles. The summed E-state index contributed by atoms with van der Waals surface area (Å²) in [5.74, 6) is 0. The average molecular weight is 280 g/mol. The number of nitrogens with one attached hydrogen (secondary N) is 1. The highest BCUT2D eigenvalue weighted by Gasteiger charge is 2.29. The number of aryl methyl sites for hydroxylation is 1. The smallest absolute Gasteiger partial charge is 0.311 e. The van der Waals surface area contributed by atoms with Crippen LogP contribution in [0.15, 0.2) is 11.4 Å². The molecule has 0 unspecified atom stereocenters. The Kier molecular flexibility index (Phi) is 6.11. The Morgan fingerprint density at radius 3 is 2.61 bits per heavy atom. The van der Waals surface area contributed by atoms with Gasteiger partial charge in [0.15, 0.2) is 0 Å². The molecule has 1 heterocycles. The molecule has 0 fully saturated rings. The highest BCUT2D eigenvalue weighted by atomic mass is 32.1. The maximum atomic E-state index is 12.2. The first kappa shape index (κ1) is 15.5. The minimum atomic E-state index is -4.11. The highest BCUT2D eigenvalue weighted by Crippen LogP contribution is 2.16. The van der Waals surface area contributed by atoms with E-state index in [9.17, 15) is 13.2 Å². The van der Waals surface area contributed by atoms with Crippen LogP contribution in [0.3, 0.4) is 0 Å². The van der Waals surface area contributed by atoms with Gasteiger partial charge < -0.3 is 5.32 Å². The Balaban J connectivity index is 2.22. The summed E-state index contributed by atoms with van der Waals surface area (Å²) >= 11 is 1.67. The van der Waals surface area contributed by atoms with Crippen molar-refractivity contribution in [1.29, 1.82) is 0 Å². The van der Waals surface area contributed by atoms with E-state index in [1.807, 2.05) is 18.4 Å². The van der Waals surface area contributed by atoms with E-state index in [0.29, 0.717) is 19.6 Å². The normalized spacial score (nSPS) is 12.3. The van der Waals surface area contributed by atoms with Gasteiger partial charge in [0.25, 0.3) is 0 Å². The molecule has 6 heteroatoms. The highest BCUT2D eigenvalue weighted by molar-refractivity contribution is 7.10. The number of hydrogen-bond donors (Lipinski definition) is 1. The molecule has 0 aromatic carbocycles. The van der Waals surface area contributed by atoms with Crippen LogP contribution >= 0.6 is 11.3 Å². The van der Waals surface area contributed by atoms with Crippen molar-refractivity contribution in [2.45, 2.75) is 26.6 Å². The van der Waals surface area contributed by atoms with Crippen molar-refractivity contribution in [3.05, 3.63) is 21.9 Å². The van der Waals surface area contributed by atoms with Crippen LogP contribution in [0.25, 0.3) is 0 Å². The molecule has 0 saturated heterocycles. The molecule has 0 bridgehead atoms. The molecule has 0 radical (unpaired) electrons. The van der Waals surface area contributed by atoms with Gasteiger partial charge in [-0.2, -0.15) is 13.2 Å². The number of halogens is 3. The Labute approximate surface area is 110 Å². The Bertz CT molecular complexity index is 349. The van der Waals surface area contributed by atoms with Crippen molar-refractivity contribution >= 4 is 11.3 Å². The third-order valence-electron chi connectivity index (χ3n) is 2.71. The zero-order valence-electron chi connectivity index (χ0n) is 10.7. The van der Waals surface area contributed by atoms with E-state index in [1.54, 1.807) is 18.3 Å². The van der Waals surface area contributed by atoms with Gasteiger partial charge in [-0.05, 0) is 30.5 Å². The molecular weight excluding hydrogens is 261 g/mol. The van der Waals surface area contributed by atoms with Crippen LogP contribution in [0.1, 0.15) is 17.4 Å². The third-order valence-corrected chi connectivity index (χ3v) is 3.73. The Morgan fingerprint density at radius 1 is 1.39 bits per heavy atom. The molecule has 0 atom stereocenters. The fourth-order valence-electron chi connectivity index (χ4n) is 1.63. The summed E-state index contributed by atoms with van der Waals surface area (Å²) in [4.78, 5) is 2.64. The first-order valence-corrected chi connectivity index (χ1v) is 6.83. The van der Waals surface area contributed by atoms with Gasteiger partial charge in [-0.1, -0.05) is 6.92 Å². The molecule has 0 aliphatic heterocycles. The molecule has 104 valence electrons. The lowest BCUT2D eigenvalue weighted by molar-refractivity contribution is -0.145. The number of rotatable bonds is 7. The van der Waals surface area contributed by atoms with Gasteiger partial charge in [-0.15, -0.1) is 11.3 Å². The number of alkyl halides is 3. The van der Waals surface area contributed by atoms with Crippen LogP contribution < -0.4 is 5.32 Å². The van der Waals surface area contributed by atoms with E-state index in [0.717, 1.165) is 6.54 Å². The SMILES string of the molecule is CCN(CCNCc1sccc1C)CC(F)(F)F. The summed E-state index contributed by atoms with van der Waals surface area (Å²) in [6, 6.07) is 2.05. The van der Waals surface area contributed by atoms with E-state index < -0.39 is 12.7 Å². The fraction of sp³-hybridized carbons (Fsp3) is 0.667. The number of hydrogen-bond acceptors (Lipinski definition) is 3. The molecule has 0 amide bonds. The van der Waals surface area contributed by atoms with Crippen LogP contribution in [0.5, 0.6) is 0 Å². The van der Waals surface area contributed by atoms with Crippen LogP contribution in [-0.4, -0.2) is 37.3 Å². The second kappa shape index (κ2) is 7.11. The molecule has 0 spiro atoms. The van der Waals surface area contributed by atoms with Gasteiger partial charge in [-0.3, -0.25) is 4.90 Å². The van der Waals surface area contributed by atoms with Crippen LogP contribution in [-0.2, 0) is 6.54 Å². The molecule has 1 N–H and O–H groups in total. The van der Waals surface area contributed by atoms with Gasteiger partial charge >= 0.3 is 6.18 Å². The van der Waals surface area contributed by atoms with Gasteiger partial charge in [0, 0.05) is 24.5 Å². The van der Waals surface area contributed by atoms with Crippen molar-refractivity contribution in [2.75, 3.05) is 26.2 Å².